The Morgan fingerprint density at radius 1 is 1.58 bits per heavy atom. The number of rotatable bonds is 4. The van der Waals surface area contributed by atoms with E-state index in [0.717, 1.165) is 36.0 Å². The highest BCUT2D eigenvalue weighted by molar-refractivity contribution is 7.13. The Morgan fingerprint density at radius 2 is 2.53 bits per heavy atom. The monoisotopic (exact) mass is 277 g/mol. The highest BCUT2D eigenvalue weighted by Gasteiger charge is 2.19. The second-order valence-corrected chi connectivity index (χ2v) is 5.97. The second-order valence-electron chi connectivity index (χ2n) is 5.02. The zero-order valence-corrected chi connectivity index (χ0v) is 11.9. The van der Waals surface area contributed by atoms with Gasteiger partial charge in [0.05, 0.1) is 10.6 Å². The van der Waals surface area contributed by atoms with E-state index in [4.69, 9.17) is 4.52 Å². The molecule has 1 fully saturated rings. The Bertz CT molecular complexity index is 509. The van der Waals surface area contributed by atoms with E-state index in [-0.39, 0.29) is 0 Å². The molecule has 102 valence electrons. The number of likely N-dealkylation sites (N-methyl/N-ethyl adjacent to an activating group) is 1. The maximum absolute atomic E-state index is 5.42. The van der Waals surface area contributed by atoms with Gasteiger partial charge in [0.15, 0.2) is 5.76 Å². The molecule has 2 aromatic heterocycles. The van der Waals surface area contributed by atoms with Crippen molar-refractivity contribution in [3.05, 3.63) is 29.3 Å². The van der Waals surface area contributed by atoms with Crippen molar-refractivity contribution < 1.29 is 4.52 Å². The van der Waals surface area contributed by atoms with E-state index in [1.54, 1.807) is 11.3 Å². The maximum Gasteiger partial charge on any atom is 0.177 e. The highest BCUT2D eigenvalue weighted by atomic mass is 32.1. The largest absolute Gasteiger partial charge is 0.355 e. The third-order valence-corrected chi connectivity index (χ3v) is 4.51. The van der Waals surface area contributed by atoms with E-state index in [9.17, 15) is 0 Å². The number of aromatic nitrogens is 1. The fourth-order valence-corrected chi connectivity index (χ4v) is 3.26. The Labute approximate surface area is 117 Å². The van der Waals surface area contributed by atoms with Crippen molar-refractivity contribution in [3.63, 3.8) is 0 Å². The number of nitrogens with zero attached hydrogens (tertiary/aromatic N) is 2. The van der Waals surface area contributed by atoms with Crippen molar-refractivity contribution in [1.82, 2.24) is 15.4 Å². The SMILES string of the molecule is CNC1CCCN(Cc2cc(-c3cccs3)on2)C1. The quantitative estimate of drug-likeness (QED) is 0.932. The van der Waals surface area contributed by atoms with Crippen molar-refractivity contribution in [2.45, 2.75) is 25.4 Å². The Balaban J connectivity index is 1.64. The second kappa shape index (κ2) is 5.86. The number of hydrogen-bond acceptors (Lipinski definition) is 5. The van der Waals surface area contributed by atoms with E-state index in [2.05, 4.69) is 32.9 Å². The van der Waals surface area contributed by atoms with Crippen LogP contribution in [0.5, 0.6) is 0 Å². The number of piperidine rings is 1. The molecule has 0 aliphatic carbocycles. The van der Waals surface area contributed by atoms with E-state index in [1.807, 2.05) is 13.1 Å². The normalized spacial score (nSPS) is 20.8. The first-order valence-electron chi connectivity index (χ1n) is 6.74. The Morgan fingerprint density at radius 3 is 3.32 bits per heavy atom. The zero-order valence-electron chi connectivity index (χ0n) is 11.1. The summed E-state index contributed by atoms with van der Waals surface area (Å²) in [5.74, 6) is 0.882. The van der Waals surface area contributed by atoms with Gasteiger partial charge in [0.2, 0.25) is 0 Å². The van der Waals surface area contributed by atoms with Crippen LogP contribution in [0, 0.1) is 0 Å². The molecular weight excluding hydrogens is 258 g/mol. The molecule has 0 amide bonds. The molecule has 1 aliphatic rings. The van der Waals surface area contributed by atoms with Crippen molar-refractivity contribution in [2.24, 2.45) is 0 Å². The van der Waals surface area contributed by atoms with E-state index in [1.165, 1.54) is 12.8 Å². The van der Waals surface area contributed by atoms with Crippen LogP contribution in [0.1, 0.15) is 18.5 Å². The number of thiophene rings is 1. The van der Waals surface area contributed by atoms with Gasteiger partial charge in [-0.3, -0.25) is 4.90 Å². The minimum Gasteiger partial charge on any atom is -0.355 e. The summed E-state index contributed by atoms with van der Waals surface area (Å²) in [4.78, 5) is 3.59. The molecule has 19 heavy (non-hydrogen) atoms. The molecule has 0 spiro atoms. The summed E-state index contributed by atoms with van der Waals surface area (Å²) >= 11 is 1.68. The minimum atomic E-state index is 0.609. The third-order valence-electron chi connectivity index (χ3n) is 3.62. The number of nitrogens with one attached hydrogen (secondary N) is 1. The zero-order chi connectivity index (χ0) is 13.1. The van der Waals surface area contributed by atoms with Gasteiger partial charge in [-0.2, -0.15) is 0 Å². The fourth-order valence-electron chi connectivity index (χ4n) is 2.59. The van der Waals surface area contributed by atoms with Crippen LogP contribution in [-0.2, 0) is 6.54 Å². The average Bonchev–Trinajstić information content (AvgIpc) is 3.09. The summed E-state index contributed by atoms with van der Waals surface area (Å²) in [6.07, 6.45) is 2.52. The van der Waals surface area contributed by atoms with Gasteiger partial charge < -0.3 is 9.84 Å². The summed E-state index contributed by atoms with van der Waals surface area (Å²) in [6, 6.07) is 6.77. The molecule has 1 aliphatic heterocycles. The molecule has 1 saturated heterocycles. The van der Waals surface area contributed by atoms with Crippen LogP contribution in [-0.4, -0.2) is 36.2 Å². The molecule has 1 N–H and O–H groups in total. The lowest BCUT2D eigenvalue weighted by atomic mass is 10.1. The molecule has 1 atom stereocenters. The Kier molecular flexibility index (Phi) is 3.96. The average molecular weight is 277 g/mol. The maximum atomic E-state index is 5.42. The summed E-state index contributed by atoms with van der Waals surface area (Å²) in [5, 5.41) is 9.61. The van der Waals surface area contributed by atoms with Crippen LogP contribution < -0.4 is 5.32 Å². The van der Waals surface area contributed by atoms with Gasteiger partial charge in [-0.15, -0.1) is 11.3 Å². The predicted octanol–water partition coefficient (Wildman–Crippen LogP) is 2.59. The summed E-state index contributed by atoms with van der Waals surface area (Å²) in [5.41, 5.74) is 1.03. The van der Waals surface area contributed by atoms with Crippen LogP contribution in [0.3, 0.4) is 0 Å². The minimum absolute atomic E-state index is 0.609. The van der Waals surface area contributed by atoms with Gasteiger partial charge in [0, 0.05) is 25.2 Å². The van der Waals surface area contributed by atoms with Crippen molar-refractivity contribution >= 4 is 11.3 Å². The lowest BCUT2D eigenvalue weighted by Crippen LogP contribution is -2.43. The summed E-state index contributed by atoms with van der Waals surface area (Å²) in [6.45, 7) is 3.13. The molecule has 5 heteroatoms. The molecule has 0 aromatic carbocycles. The van der Waals surface area contributed by atoms with Crippen molar-refractivity contribution in [3.8, 4) is 10.6 Å². The first kappa shape index (κ1) is 12.8. The van der Waals surface area contributed by atoms with Crippen LogP contribution in [0.4, 0.5) is 0 Å². The highest BCUT2D eigenvalue weighted by Crippen LogP contribution is 2.25. The Hall–Kier alpha value is -1.17. The summed E-state index contributed by atoms with van der Waals surface area (Å²) < 4.78 is 5.42. The van der Waals surface area contributed by atoms with E-state index in [0.29, 0.717) is 6.04 Å². The van der Waals surface area contributed by atoms with Gasteiger partial charge in [-0.05, 0) is 37.9 Å². The lowest BCUT2D eigenvalue weighted by molar-refractivity contribution is 0.183. The molecule has 3 heterocycles. The van der Waals surface area contributed by atoms with Gasteiger partial charge in [0.25, 0.3) is 0 Å². The van der Waals surface area contributed by atoms with Crippen LogP contribution in [0.15, 0.2) is 28.1 Å². The number of likely N-dealkylation sites (tertiary alicyclic amines) is 1. The smallest absolute Gasteiger partial charge is 0.177 e. The first-order valence-corrected chi connectivity index (χ1v) is 7.62. The molecule has 0 bridgehead atoms. The van der Waals surface area contributed by atoms with Gasteiger partial charge in [0.1, 0.15) is 0 Å². The first-order chi connectivity index (χ1) is 9.35. The lowest BCUT2D eigenvalue weighted by Gasteiger charge is -2.31. The summed E-state index contributed by atoms with van der Waals surface area (Å²) in [7, 11) is 2.04. The van der Waals surface area contributed by atoms with Crippen molar-refractivity contribution in [1.29, 1.82) is 0 Å². The molecule has 4 nitrogen and oxygen atoms in total. The van der Waals surface area contributed by atoms with E-state index >= 15 is 0 Å². The van der Waals surface area contributed by atoms with Crippen LogP contribution in [0.2, 0.25) is 0 Å². The topological polar surface area (TPSA) is 41.3 Å². The number of hydrogen-bond donors (Lipinski definition) is 1. The molecule has 1 unspecified atom stereocenters. The molecular formula is C14H19N3OS. The van der Waals surface area contributed by atoms with Gasteiger partial charge in [-0.1, -0.05) is 11.2 Å². The molecule has 0 saturated carbocycles. The predicted molar refractivity (Wildman–Crippen MR) is 77.2 cm³/mol. The molecule has 2 aromatic rings. The molecule has 3 rings (SSSR count). The third kappa shape index (κ3) is 3.05. The van der Waals surface area contributed by atoms with Crippen molar-refractivity contribution in [2.75, 3.05) is 20.1 Å². The van der Waals surface area contributed by atoms with E-state index < -0.39 is 0 Å². The van der Waals surface area contributed by atoms with Gasteiger partial charge >= 0.3 is 0 Å². The van der Waals surface area contributed by atoms with Crippen LogP contribution >= 0.6 is 11.3 Å². The van der Waals surface area contributed by atoms with Crippen LogP contribution in [0.25, 0.3) is 10.6 Å². The fraction of sp³-hybridized carbons (Fsp3) is 0.500. The molecule has 0 radical (unpaired) electrons. The standard InChI is InChI=1S/C14H19N3OS/c1-15-11-4-2-6-17(9-11)10-12-8-13(18-16-12)14-5-3-7-19-14/h3,5,7-8,11,15H,2,4,6,9-10H2,1H3. The van der Waals surface area contributed by atoms with Gasteiger partial charge in [-0.25, -0.2) is 0 Å².